The molecule has 184 valence electrons. The molecule has 1 N–H and O–H groups in total. The first-order valence-corrected chi connectivity index (χ1v) is 10.8. The predicted molar refractivity (Wildman–Crippen MR) is 121 cm³/mol. The van der Waals surface area contributed by atoms with Crippen LogP contribution in [0.3, 0.4) is 0 Å². The number of methoxy groups -OCH3 is 2. The van der Waals surface area contributed by atoms with E-state index >= 15 is 0 Å². The monoisotopic (exact) mass is 474 g/mol. The number of carbonyl (C=O) groups is 3. The van der Waals surface area contributed by atoms with E-state index in [0.717, 1.165) is 6.54 Å². The second kappa shape index (κ2) is 10.6. The van der Waals surface area contributed by atoms with Gasteiger partial charge < -0.3 is 33.9 Å². The molecule has 1 unspecified atom stereocenters. The summed E-state index contributed by atoms with van der Waals surface area (Å²) in [6.07, 6.45) is 0.638. The van der Waals surface area contributed by atoms with Crippen LogP contribution >= 0.6 is 0 Å². The molecule has 0 aliphatic carbocycles. The van der Waals surface area contributed by atoms with Crippen LogP contribution in [-0.4, -0.2) is 71.1 Å². The van der Waals surface area contributed by atoms with Gasteiger partial charge in [-0.3, -0.25) is 0 Å². The van der Waals surface area contributed by atoms with E-state index in [4.69, 9.17) is 23.7 Å². The summed E-state index contributed by atoms with van der Waals surface area (Å²) in [6, 6.07) is 3.25. The van der Waals surface area contributed by atoms with Gasteiger partial charge in [0.05, 0.1) is 37.9 Å². The van der Waals surface area contributed by atoms with E-state index < -0.39 is 23.8 Å². The second-order valence-corrected chi connectivity index (χ2v) is 8.17. The van der Waals surface area contributed by atoms with E-state index in [1.807, 2.05) is 19.0 Å². The molecule has 34 heavy (non-hydrogen) atoms. The number of esters is 3. The van der Waals surface area contributed by atoms with Crippen LogP contribution in [0.5, 0.6) is 11.5 Å². The fraction of sp³-hybridized carbons (Fsp3) is 0.458. The molecule has 1 aromatic rings. The number of allylic oxidation sites excluding steroid dienone is 2. The van der Waals surface area contributed by atoms with Gasteiger partial charge in [-0.15, -0.1) is 0 Å². The Morgan fingerprint density at radius 3 is 2.26 bits per heavy atom. The van der Waals surface area contributed by atoms with Crippen LogP contribution in [0.15, 0.2) is 34.7 Å². The van der Waals surface area contributed by atoms with Crippen LogP contribution < -0.4 is 14.8 Å². The summed E-state index contributed by atoms with van der Waals surface area (Å²) in [5, 5.41) is 3.08. The van der Waals surface area contributed by atoms with Crippen LogP contribution in [0, 0.1) is 0 Å². The minimum atomic E-state index is -0.960. The van der Waals surface area contributed by atoms with Crippen LogP contribution in [0.1, 0.15) is 42.1 Å². The molecule has 2 aliphatic rings. The van der Waals surface area contributed by atoms with Gasteiger partial charge in [-0.25, -0.2) is 14.4 Å². The molecule has 0 amide bonds. The number of hydrogen-bond donors (Lipinski definition) is 1. The molecular weight excluding hydrogens is 444 g/mol. The normalized spacial score (nSPS) is 17.0. The highest BCUT2D eigenvalue weighted by molar-refractivity contribution is 6.03. The lowest BCUT2D eigenvalue weighted by atomic mass is 9.78. The zero-order chi connectivity index (χ0) is 25.0. The Morgan fingerprint density at radius 1 is 1.00 bits per heavy atom. The van der Waals surface area contributed by atoms with Crippen molar-refractivity contribution in [1.82, 2.24) is 10.2 Å². The third kappa shape index (κ3) is 4.86. The lowest BCUT2D eigenvalue weighted by Crippen LogP contribution is -2.33. The first-order valence-electron chi connectivity index (χ1n) is 10.8. The minimum absolute atomic E-state index is 0.0661. The third-order valence-corrected chi connectivity index (χ3v) is 5.64. The zero-order valence-electron chi connectivity index (χ0n) is 20.3. The molecule has 0 radical (unpaired) electrons. The lowest BCUT2D eigenvalue weighted by Gasteiger charge is -2.31. The van der Waals surface area contributed by atoms with Crippen LogP contribution in [0.4, 0.5) is 0 Å². The van der Waals surface area contributed by atoms with Crippen molar-refractivity contribution in [3.63, 3.8) is 0 Å². The van der Waals surface area contributed by atoms with Crippen LogP contribution in [0.2, 0.25) is 0 Å². The number of dihydropyridines is 1. The summed E-state index contributed by atoms with van der Waals surface area (Å²) >= 11 is 0. The van der Waals surface area contributed by atoms with Gasteiger partial charge in [0, 0.05) is 17.9 Å². The zero-order valence-corrected chi connectivity index (χ0v) is 20.3. The Balaban J connectivity index is 2.14. The largest absolute Gasteiger partial charge is 0.466 e. The van der Waals surface area contributed by atoms with Crippen LogP contribution in [-0.2, 0) is 23.8 Å². The number of benzene rings is 1. The predicted octanol–water partition coefficient (Wildman–Crippen LogP) is 2.10. The average Bonchev–Trinajstić information content (AvgIpc) is 3.28. The molecule has 1 atom stereocenters. The Morgan fingerprint density at radius 2 is 1.65 bits per heavy atom. The second-order valence-electron chi connectivity index (χ2n) is 8.17. The van der Waals surface area contributed by atoms with Crippen molar-refractivity contribution in [1.29, 1.82) is 0 Å². The van der Waals surface area contributed by atoms with Gasteiger partial charge in [0.2, 0.25) is 6.79 Å². The van der Waals surface area contributed by atoms with Crippen molar-refractivity contribution < 1.29 is 38.1 Å². The molecule has 0 saturated heterocycles. The minimum Gasteiger partial charge on any atom is -0.466 e. The van der Waals surface area contributed by atoms with Gasteiger partial charge >= 0.3 is 17.9 Å². The molecule has 0 fully saturated rings. The molecule has 2 aliphatic heterocycles. The Bertz CT molecular complexity index is 1060. The summed E-state index contributed by atoms with van der Waals surface area (Å²) < 4.78 is 26.6. The Kier molecular flexibility index (Phi) is 7.83. The van der Waals surface area contributed by atoms with E-state index in [0.29, 0.717) is 29.1 Å². The van der Waals surface area contributed by atoms with Gasteiger partial charge in [0.1, 0.15) is 5.56 Å². The molecular formula is C24H30N2O8. The van der Waals surface area contributed by atoms with Crippen molar-refractivity contribution in [2.24, 2.45) is 0 Å². The van der Waals surface area contributed by atoms with Gasteiger partial charge in [-0.1, -0.05) is 6.07 Å². The molecule has 10 heteroatoms. The summed E-state index contributed by atoms with van der Waals surface area (Å²) in [5.74, 6) is -2.33. The first kappa shape index (κ1) is 25.1. The number of hydrogen-bond acceptors (Lipinski definition) is 10. The summed E-state index contributed by atoms with van der Waals surface area (Å²) in [4.78, 5) is 41.0. The van der Waals surface area contributed by atoms with Crippen molar-refractivity contribution >= 4 is 17.9 Å². The van der Waals surface area contributed by atoms with Crippen molar-refractivity contribution in [3.8, 4) is 11.5 Å². The van der Waals surface area contributed by atoms with Crippen LogP contribution in [0.25, 0.3) is 0 Å². The van der Waals surface area contributed by atoms with E-state index in [1.165, 1.54) is 14.2 Å². The molecule has 3 rings (SSSR count). The molecule has 0 saturated carbocycles. The van der Waals surface area contributed by atoms with Crippen molar-refractivity contribution in [2.75, 3.05) is 48.3 Å². The topological polar surface area (TPSA) is 113 Å². The van der Waals surface area contributed by atoms with Crippen molar-refractivity contribution in [2.45, 2.75) is 26.2 Å². The van der Waals surface area contributed by atoms with E-state index in [9.17, 15) is 14.4 Å². The molecule has 10 nitrogen and oxygen atoms in total. The number of nitrogens with one attached hydrogen (secondary N) is 1. The quantitative estimate of drug-likeness (QED) is 0.341. The first-order chi connectivity index (χ1) is 16.2. The van der Waals surface area contributed by atoms with Gasteiger partial charge in [0.25, 0.3) is 0 Å². The SMILES string of the molecule is COC(=O)C1=C(C)NC(C)=C(C(=O)OCCCN(C)C)C1c1ccc2c(c1C(=O)OC)OCO2. The highest BCUT2D eigenvalue weighted by Crippen LogP contribution is 2.46. The number of fused-ring (bicyclic) bond motifs is 1. The highest BCUT2D eigenvalue weighted by Gasteiger charge is 2.41. The molecule has 0 bridgehead atoms. The third-order valence-electron chi connectivity index (χ3n) is 5.64. The fourth-order valence-corrected chi connectivity index (χ4v) is 4.12. The maximum atomic E-state index is 13.3. The highest BCUT2D eigenvalue weighted by atomic mass is 16.7. The van der Waals surface area contributed by atoms with E-state index in [2.05, 4.69) is 5.32 Å². The van der Waals surface area contributed by atoms with Gasteiger partial charge in [0.15, 0.2) is 11.5 Å². The fourth-order valence-electron chi connectivity index (χ4n) is 4.12. The maximum Gasteiger partial charge on any atom is 0.342 e. The average molecular weight is 475 g/mol. The maximum absolute atomic E-state index is 13.3. The Hall–Kier alpha value is -3.53. The lowest BCUT2D eigenvalue weighted by molar-refractivity contribution is -0.139. The summed E-state index contributed by atoms with van der Waals surface area (Å²) in [7, 11) is 6.36. The van der Waals surface area contributed by atoms with E-state index in [1.54, 1.807) is 26.0 Å². The smallest absolute Gasteiger partial charge is 0.342 e. The molecule has 0 aromatic heterocycles. The van der Waals surface area contributed by atoms with E-state index in [-0.39, 0.29) is 35.9 Å². The molecule has 1 aromatic carbocycles. The molecule has 2 heterocycles. The van der Waals surface area contributed by atoms with Gasteiger partial charge in [-0.2, -0.15) is 0 Å². The Labute approximate surface area is 198 Å². The molecule has 0 spiro atoms. The number of ether oxygens (including phenoxy) is 5. The number of carbonyl (C=O) groups excluding carboxylic acids is 3. The number of nitrogens with zero attached hydrogens (tertiary/aromatic N) is 1. The number of rotatable bonds is 8. The summed E-state index contributed by atoms with van der Waals surface area (Å²) in [6.45, 7) is 4.29. The van der Waals surface area contributed by atoms with Gasteiger partial charge in [-0.05, 0) is 46.0 Å². The van der Waals surface area contributed by atoms with Crippen molar-refractivity contribution in [3.05, 3.63) is 45.8 Å². The summed E-state index contributed by atoms with van der Waals surface area (Å²) in [5.41, 5.74) is 1.78. The standard InChI is InChI=1S/C24H30N2O8/c1-13-17(22(27)30-5)19(18(14(2)25-13)24(29)32-11-7-10-26(3)4)15-8-9-16-21(34-12-33-16)20(15)23(28)31-6/h8-9,19,25H,7,10-12H2,1-6H3.